The van der Waals surface area contributed by atoms with Gasteiger partial charge in [-0.05, 0) is 43.3 Å². The zero-order chi connectivity index (χ0) is 22.0. The van der Waals surface area contributed by atoms with Crippen molar-refractivity contribution >= 4 is 26.7 Å². The first kappa shape index (κ1) is 21.2. The van der Waals surface area contributed by atoms with E-state index in [0.717, 1.165) is 25.2 Å². The highest BCUT2D eigenvalue weighted by molar-refractivity contribution is 7.92. The minimum atomic E-state index is -3.97. The number of likely N-dealkylation sites (N-methyl/N-ethyl adjacent to an activating group) is 1. The van der Waals surface area contributed by atoms with E-state index in [4.69, 9.17) is 4.98 Å². The standard InChI is InChI=1S/C23H25N5O2S/c1-3-27-11-13-28(14-12-27)23-22(25-19-9-4-5-10-20(19)26-23)21(16-24)31(29,30)18-8-6-7-17(2)15-18/h4-10,15,21H,3,11-14H2,1-2H3. The molecule has 4 rings (SSSR count). The average Bonchev–Trinajstić information content (AvgIpc) is 2.79. The lowest BCUT2D eigenvalue weighted by Crippen LogP contribution is -2.47. The molecule has 3 aromatic rings. The van der Waals surface area contributed by atoms with Crippen LogP contribution in [-0.4, -0.2) is 56.0 Å². The Balaban J connectivity index is 1.85. The van der Waals surface area contributed by atoms with Crippen molar-refractivity contribution in [2.24, 2.45) is 0 Å². The zero-order valence-corrected chi connectivity index (χ0v) is 18.5. The van der Waals surface area contributed by atoms with Crippen molar-refractivity contribution in [3.8, 4) is 6.07 Å². The molecule has 7 nitrogen and oxygen atoms in total. The molecule has 1 aliphatic rings. The molecule has 1 fully saturated rings. The summed E-state index contributed by atoms with van der Waals surface area (Å²) in [6, 6.07) is 16.0. The number of nitrogens with zero attached hydrogens (tertiary/aromatic N) is 5. The zero-order valence-electron chi connectivity index (χ0n) is 17.7. The van der Waals surface area contributed by atoms with Gasteiger partial charge in [0.1, 0.15) is 5.69 Å². The van der Waals surface area contributed by atoms with Gasteiger partial charge in [0.25, 0.3) is 0 Å². The molecule has 1 aliphatic heterocycles. The summed E-state index contributed by atoms with van der Waals surface area (Å²) in [7, 11) is -3.97. The number of rotatable bonds is 5. The van der Waals surface area contributed by atoms with E-state index in [-0.39, 0.29) is 10.6 Å². The molecule has 1 saturated heterocycles. The monoisotopic (exact) mass is 435 g/mol. The minimum absolute atomic E-state index is 0.121. The van der Waals surface area contributed by atoms with Gasteiger partial charge in [-0.1, -0.05) is 31.2 Å². The van der Waals surface area contributed by atoms with Crippen molar-refractivity contribution in [3.63, 3.8) is 0 Å². The molecule has 0 saturated carbocycles. The van der Waals surface area contributed by atoms with Crippen molar-refractivity contribution in [1.29, 1.82) is 5.26 Å². The summed E-state index contributed by atoms with van der Waals surface area (Å²) >= 11 is 0. The van der Waals surface area contributed by atoms with E-state index in [0.29, 0.717) is 29.9 Å². The average molecular weight is 436 g/mol. The topological polar surface area (TPSA) is 90.2 Å². The van der Waals surface area contributed by atoms with Crippen molar-refractivity contribution in [2.75, 3.05) is 37.6 Å². The summed E-state index contributed by atoms with van der Waals surface area (Å²) < 4.78 is 26.9. The number of aromatic nitrogens is 2. The van der Waals surface area contributed by atoms with Crippen molar-refractivity contribution in [1.82, 2.24) is 14.9 Å². The molecule has 0 radical (unpaired) electrons. The van der Waals surface area contributed by atoms with Crippen molar-refractivity contribution < 1.29 is 8.42 Å². The molecule has 8 heteroatoms. The van der Waals surface area contributed by atoms with E-state index >= 15 is 0 Å². The molecule has 1 unspecified atom stereocenters. The number of sulfone groups is 1. The van der Waals surface area contributed by atoms with E-state index < -0.39 is 15.1 Å². The van der Waals surface area contributed by atoms with Gasteiger partial charge in [-0.2, -0.15) is 5.26 Å². The van der Waals surface area contributed by atoms with Crippen LogP contribution < -0.4 is 4.90 Å². The quantitative estimate of drug-likeness (QED) is 0.608. The molecule has 31 heavy (non-hydrogen) atoms. The maximum Gasteiger partial charge on any atom is 0.200 e. The molecule has 0 amide bonds. The number of piperazine rings is 1. The van der Waals surface area contributed by atoms with E-state index in [9.17, 15) is 13.7 Å². The third kappa shape index (κ3) is 4.11. The number of aryl methyl sites for hydroxylation is 1. The molecular weight excluding hydrogens is 410 g/mol. The van der Waals surface area contributed by atoms with Gasteiger partial charge >= 0.3 is 0 Å². The summed E-state index contributed by atoms with van der Waals surface area (Å²) in [5.41, 5.74) is 2.28. The highest BCUT2D eigenvalue weighted by Gasteiger charge is 2.35. The maximum absolute atomic E-state index is 13.5. The van der Waals surface area contributed by atoms with E-state index in [1.807, 2.05) is 37.3 Å². The Bertz CT molecular complexity index is 1240. The van der Waals surface area contributed by atoms with Gasteiger partial charge in [-0.15, -0.1) is 0 Å². The van der Waals surface area contributed by atoms with Gasteiger partial charge in [0, 0.05) is 26.2 Å². The van der Waals surface area contributed by atoms with Gasteiger partial charge < -0.3 is 9.80 Å². The maximum atomic E-state index is 13.5. The van der Waals surface area contributed by atoms with Crippen LogP contribution in [0.4, 0.5) is 5.82 Å². The Kier molecular flexibility index (Phi) is 5.90. The second-order valence-electron chi connectivity index (χ2n) is 7.71. The van der Waals surface area contributed by atoms with E-state index in [1.165, 1.54) is 6.07 Å². The van der Waals surface area contributed by atoms with Gasteiger partial charge in [-0.25, -0.2) is 18.4 Å². The Morgan fingerprint density at radius 3 is 2.32 bits per heavy atom. The Labute approximate surface area is 182 Å². The predicted molar refractivity (Wildman–Crippen MR) is 121 cm³/mol. The summed E-state index contributed by atoms with van der Waals surface area (Å²) in [6.07, 6.45) is 0. The molecule has 0 bridgehead atoms. The van der Waals surface area contributed by atoms with Crippen LogP contribution in [0.25, 0.3) is 11.0 Å². The van der Waals surface area contributed by atoms with Crippen molar-refractivity contribution in [3.05, 3.63) is 59.8 Å². The lowest BCUT2D eigenvalue weighted by Gasteiger charge is -2.35. The SMILES string of the molecule is CCN1CCN(c2nc3ccccc3nc2C(C#N)S(=O)(=O)c2cccc(C)c2)CC1. The van der Waals surface area contributed by atoms with Crippen LogP contribution in [-0.2, 0) is 9.84 Å². The Morgan fingerprint density at radius 2 is 1.71 bits per heavy atom. The fraction of sp³-hybridized carbons (Fsp3) is 0.348. The van der Waals surface area contributed by atoms with Crippen molar-refractivity contribution in [2.45, 2.75) is 24.0 Å². The summed E-state index contributed by atoms with van der Waals surface area (Å²) in [6.45, 7) is 8.03. The lowest BCUT2D eigenvalue weighted by atomic mass is 10.2. The predicted octanol–water partition coefficient (Wildman–Crippen LogP) is 3.12. The molecule has 2 heterocycles. The fourth-order valence-corrected chi connectivity index (χ4v) is 5.38. The summed E-state index contributed by atoms with van der Waals surface area (Å²) in [5.74, 6) is 0.484. The number of hydrogen-bond donors (Lipinski definition) is 0. The van der Waals surface area contributed by atoms with Crippen LogP contribution in [0.2, 0.25) is 0 Å². The molecule has 0 spiro atoms. The highest BCUT2D eigenvalue weighted by atomic mass is 32.2. The number of benzene rings is 2. The third-order valence-electron chi connectivity index (χ3n) is 5.69. The second-order valence-corrected chi connectivity index (χ2v) is 9.75. The molecule has 2 aromatic carbocycles. The minimum Gasteiger partial charge on any atom is -0.352 e. The lowest BCUT2D eigenvalue weighted by molar-refractivity contribution is 0.270. The van der Waals surface area contributed by atoms with E-state index in [1.54, 1.807) is 18.2 Å². The summed E-state index contributed by atoms with van der Waals surface area (Å²) in [5, 5.41) is 8.56. The smallest absolute Gasteiger partial charge is 0.200 e. The number of para-hydroxylation sites is 2. The largest absolute Gasteiger partial charge is 0.352 e. The molecule has 0 aliphatic carbocycles. The molecule has 0 N–H and O–H groups in total. The van der Waals surface area contributed by atoms with Crippen LogP contribution in [0.5, 0.6) is 0 Å². The second kappa shape index (κ2) is 8.61. The first-order chi connectivity index (χ1) is 14.9. The van der Waals surface area contributed by atoms with Crippen LogP contribution in [0.3, 0.4) is 0 Å². The first-order valence-electron chi connectivity index (χ1n) is 10.4. The van der Waals surface area contributed by atoms with Gasteiger partial charge in [0.15, 0.2) is 11.1 Å². The van der Waals surface area contributed by atoms with Crippen LogP contribution in [0.15, 0.2) is 53.4 Å². The Morgan fingerprint density at radius 1 is 1.03 bits per heavy atom. The normalized spacial score (nSPS) is 16.2. The van der Waals surface area contributed by atoms with Crippen LogP contribution in [0.1, 0.15) is 23.4 Å². The summed E-state index contributed by atoms with van der Waals surface area (Å²) in [4.78, 5) is 13.9. The van der Waals surface area contributed by atoms with Gasteiger partial charge in [0.2, 0.25) is 9.84 Å². The first-order valence-corrected chi connectivity index (χ1v) is 11.9. The van der Waals surface area contributed by atoms with Gasteiger partial charge in [0.05, 0.1) is 22.0 Å². The fourth-order valence-electron chi connectivity index (χ4n) is 3.89. The number of nitriles is 1. The number of fused-ring (bicyclic) bond motifs is 1. The number of hydrogen-bond acceptors (Lipinski definition) is 7. The third-order valence-corrected chi connectivity index (χ3v) is 7.55. The van der Waals surface area contributed by atoms with Crippen LogP contribution in [0, 0.1) is 18.3 Å². The molecule has 1 atom stereocenters. The molecule has 1 aromatic heterocycles. The number of anilines is 1. The van der Waals surface area contributed by atoms with E-state index in [2.05, 4.69) is 21.7 Å². The molecule has 160 valence electrons. The van der Waals surface area contributed by atoms with Gasteiger partial charge in [-0.3, -0.25) is 0 Å². The molecular formula is C23H25N5O2S. The van der Waals surface area contributed by atoms with Crippen LogP contribution >= 0.6 is 0 Å². The Hall–Kier alpha value is -3.02. The highest BCUT2D eigenvalue weighted by Crippen LogP contribution is 2.34.